The minimum absolute atomic E-state index is 0.0410. The van der Waals surface area contributed by atoms with Crippen LogP contribution in [0.5, 0.6) is 0 Å². The van der Waals surface area contributed by atoms with Gasteiger partial charge in [-0.3, -0.25) is 0 Å². The van der Waals surface area contributed by atoms with Crippen molar-refractivity contribution >= 4 is 0 Å². The maximum atomic E-state index is 9.81. The van der Waals surface area contributed by atoms with Gasteiger partial charge in [0.1, 0.15) is 0 Å². The molecule has 0 radical (unpaired) electrons. The fourth-order valence-corrected chi connectivity index (χ4v) is 3.21. The van der Waals surface area contributed by atoms with Crippen LogP contribution >= 0.6 is 0 Å². The van der Waals surface area contributed by atoms with E-state index in [-0.39, 0.29) is 6.10 Å². The van der Waals surface area contributed by atoms with Crippen molar-refractivity contribution in [3.8, 4) is 0 Å². The number of hydrogen-bond donors (Lipinski definition) is 1. The maximum Gasteiger partial charge on any atom is 0.0603 e. The van der Waals surface area contributed by atoms with Crippen LogP contribution in [-0.2, 0) is 4.74 Å². The molecule has 2 heteroatoms. The summed E-state index contributed by atoms with van der Waals surface area (Å²) in [4.78, 5) is 0. The smallest absolute Gasteiger partial charge is 0.0603 e. The summed E-state index contributed by atoms with van der Waals surface area (Å²) < 4.78 is 5.47. The van der Waals surface area contributed by atoms with Crippen molar-refractivity contribution in [2.45, 2.75) is 50.7 Å². The van der Waals surface area contributed by atoms with Gasteiger partial charge >= 0.3 is 0 Å². The molecule has 1 N–H and O–H groups in total. The van der Waals surface area contributed by atoms with E-state index in [4.69, 9.17) is 4.74 Å². The highest BCUT2D eigenvalue weighted by atomic mass is 16.5. The third-order valence-electron chi connectivity index (χ3n) is 3.89. The van der Waals surface area contributed by atoms with Crippen LogP contribution in [-0.4, -0.2) is 24.4 Å². The fraction of sp³-hybridized carbons (Fsp3) is 1.00. The molecule has 76 valence electrons. The second kappa shape index (κ2) is 3.97. The van der Waals surface area contributed by atoms with Crippen molar-refractivity contribution in [3.05, 3.63) is 0 Å². The summed E-state index contributed by atoms with van der Waals surface area (Å²) in [6, 6.07) is 0. The second-order valence-electron chi connectivity index (χ2n) is 4.53. The summed E-state index contributed by atoms with van der Waals surface area (Å²) in [5.41, 5.74) is 0. The summed E-state index contributed by atoms with van der Waals surface area (Å²) in [5.74, 6) is 1.18. The van der Waals surface area contributed by atoms with Crippen molar-refractivity contribution in [1.82, 2.24) is 0 Å². The lowest BCUT2D eigenvalue weighted by molar-refractivity contribution is 0.0133. The predicted molar refractivity (Wildman–Crippen MR) is 51.5 cm³/mol. The first-order chi connectivity index (χ1) is 6.33. The summed E-state index contributed by atoms with van der Waals surface area (Å²) >= 11 is 0. The molecule has 0 saturated heterocycles. The highest BCUT2D eigenvalue weighted by Gasteiger charge is 2.39. The Kier molecular flexibility index (Phi) is 2.89. The number of ether oxygens (including phenoxy) is 1. The zero-order chi connectivity index (χ0) is 9.26. The van der Waals surface area contributed by atoms with Gasteiger partial charge in [0, 0.05) is 7.11 Å². The number of aliphatic hydroxyl groups excluding tert-OH is 1. The number of rotatable bonds is 2. The molecule has 0 spiro atoms. The van der Waals surface area contributed by atoms with Gasteiger partial charge in [0.05, 0.1) is 12.2 Å². The standard InChI is InChI=1S/C11H20O2/c1-13-11-7-3-5-9(11)8-4-2-6-10(8)12/h8-12H,2-7H2,1H3. The summed E-state index contributed by atoms with van der Waals surface area (Å²) in [5, 5.41) is 9.81. The molecule has 2 aliphatic rings. The zero-order valence-electron chi connectivity index (χ0n) is 8.41. The molecule has 2 rings (SSSR count). The molecule has 2 saturated carbocycles. The quantitative estimate of drug-likeness (QED) is 0.711. The van der Waals surface area contributed by atoms with Gasteiger partial charge in [-0.05, 0) is 37.5 Å². The van der Waals surface area contributed by atoms with Gasteiger partial charge < -0.3 is 9.84 Å². The molecular formula is C11H20O2. The van der Waals surface area contributed by atoms with E-state index in [2.05, 4.69) is 0 Å². The van der Waals surface area contributed by atoms with Gasteiger partial charge in [-0.1, -0.05) is 12.8 Å². The average Bonchev–Trinajstić information content (AvgIpc) is 2.71. The summed E-state index contributed by atoms with van der Waals surface area (Å²) in [7, 11) is 1.81. The zero-order valence-corrected chi connectivity index (χ0v) is 8.41. The minimum Gasteiger partial charge on any atom is -0.393 e. The molecule has 0 bridgehead atoms. The first-order valence-corrected chi connectivity index (χ1v) is 5.54. The Balaban J connectivity index is 1.98. The van der Waals surface area contributed by atoms with E-state index >= 15 is 0 Å². The largest absolute Gasteiger partial charge is 0.393 e. The maximum absolute atomic E-state index is 9.81. The van der Waals surface area contributed by atoms with E-state index in [1.807, 2.05) is 7.11 Å². The van der Waals surface area contributed by atoms with Crippen LogP contribution in [0.25, 0.3) is 0 Å². The topological polar surface area (TPSA) is 29.5 Å². The van der Waals surface area contributed by atoms with Gasteiger partial charge in [-0.15, -0.1) is 0 Å². The lowest BCUT2D eigenvalue weighted by atomic mass is 9.86. The highest BCUT2D eigenvalue weighted by Crippen LogP contribution is 2.41. The van der Waals surface area contributed by atoms with Crippen molar-refractivity contribution < 1.29 is 9.84 Å². The van der Waals surface area contributed by atoms with E-state index in [0.717, 1.165) is 6.42 Å². The Hall–Kier alpha value is -0.0800. The molecule has 4 atom stereocenters. The van der Waals surface area contributed by atoms with Gasteiger partial charge in [-0.25, -0.2) is 0 Å². The molecule has 0 amide bonds. The molecule has 2 nitrogen and oxygen atoms in total. The van der Waals surface area contributed by atoms with Gasteiger partial charge in [0.15, 0.2) is 0 Å². The van der Waals surface area contributed by atoms with Crippen LogP contribution in [0.4, 0.5) is 0 Å². The Labute approximate surface area is 80.3 Å². The minimum atomic E-state index is -0.0410. The number of hydrogen-bond acceptors (Lipinski definition) is 2. The predicted octanol–water partition coefficient (Wildman–Crippen LogP) is 1.96. The molecule has 0 aromatic heterocycles. The third-order valence-corrected chi connectivity index (χ3v) is 3.89. The normalized spacial score (nSPS) is 45.7. The molecule has 2 aliphatic carbocycles. The Morgan fingerprint density at radius 1 is 1.00 bits per heavy atom. The second-order valence-corrected chi connectivity index (χ2v) is 4.53. The van der Waals surface area contributed by atoms with E-state index in [9.17, 15) is 5.11 Å². The first-order valence-electron chi connectivity index (χ1n) is 5.54. The van der Waals surface area contributed by atoms with Crippen molar-refractivity contribution in [3.63, 3.8) is 0 Å². The summed E-state index contributed by atoms with van der Waals surface area (Å²) in [6.45, 7) is 0. The summed E-state index contributed by atoms with van der Waals surface area (Å²) in [6.07, 6.45) is 7.57. The Morgan fingerprint density at radius 2 is 1.69 bits per heavy atom. The molecule has 2 fully saturated rings. The monoisotopic (exact) mass is 184 g/mol. The Morgan fingerprint density at radius 3 is 2.31 bits per heavy atom. The molecule has 4 unspecified atom stereocenters. The van der Waals surface area contributed by atoms with Crippen LogP contribution in [0.1, 0.15) is 38.5 Å². The van der Waals surface area contributed by atoms with Gasteiger partial charge in [0.2, 0.25) is 0 Å². The lowest BCUT2D eigenvalue weighted by Gasteiger charge is -2.26. The lowest BCUT2D eigenvalue weighted by Crippen LogP contribution is -2.29. The van der Waals surface area contributed by atoms with Gasteiger partial charge in [-0.2, -0.15) is 0 Å². The first kappa shape index (κ1) is 9.47. The van der Waals surface area contributed by atoms with Crippen molar-refractivity contribution in [1.29, 1.82) is 0 Å². The molecule has 13 heavy (non-hydrogen) atoms. The van der Waals surface area contributed by atoms with Crippen LogP contribution in [0.3, 0.4) is 0 Å². The number of methoxy groups -OCH3 is 1. The van der Waals surface area contributed by atoms with Crippen LogP contribution in [0, 0.1) is 11.8 Å². The third kappa shape index (κ3) is 1.75. The van der Waals surface area contributed by atoms with Gasteiger partial charge in [0.25, 0.3) is 0 Å². The van der Waals surface area contributed by atoms with E-state index in [0.29, 0.717) is 17.9 Å². The molecular weight excluding hydrogens is 164 g/mol. The highest BCUT2D eigenvalue weighted by molar-refractivity contribution is 4.89. The van der Waals surface area contributed by atoms with Crippen LogP contribution < -0.4 is 0 Å². The van der Waals surface area contributed by atoms with E-state index in [1.54, 1.807) is 0 Å². The average molecular weight is 184 g/mol. The van der Waals surface area contributed by atoms with Crippen LogP contribution in [0.2, 0.25) is 0 Å². The molecule has 0 heterocycles. The molecule has 0 aromatic rings. The van der Waals surface area contributed by atoms with E-state index < -0.39 is 0 Å². The fourth-order valence-electron chi connectivity index (χ4n) is 3.21. The number of aliphatic hydroxyl groups is 1. The van der Waals surface area contributed by atoms with Crippen LogP contribution in [0.15, 0.2) is 0 Å². The van der Waals surface area contributed by atoms with Crippen molar-refractivity contribution in [2.75, 3.05) is 7.11 Å². The molecule has 0 aliphatic heterocycles. The van der Waals surface area contributed by atoms with E-state index in [1.165, 1.54) is 32.1 Å². The molecule has 0 aromatic carbocycles. The SMILES string of the molecule is COC1CCCC1C1CCCC1O. The van der Waals surface area contributed by atoms with Crippen molar-refractivity contribution in [2.24, 2.45) is 11.8 Å². The Bertz CT molecular complexity index is 169.